The van der Waals surface area contributed by atoms with Crippen molar-refractivity contribution in [3.05, 3.63) is 82.6 Å². The first-order valence-corrected chi connectivity index (χ1v) is 19.8. The molecule has 1 aliphatic carbocycles. The summed E-state index contributed by atoms with van der Waals surface area (Å²) in [6.45, 7) is 10.5. The van der Waals surface area contributed by atoms with Gasteiger partial charge in [0.2, 0.25) is 0 Å². The Labute approximate surface area is 318 Å². The van der Waals surface area contributed by atoms with Gasteiger partial charge in [0, 0.05) is 89.9 Å². The van der Waals surface area contributed by atoms with E-state index in [1.54, 1.807) is 7.11 Å². The third-order valence-corrected chi connectivity index (χ3v) is 15.1. The van der Waals surface area contributed by atoms with E-state index in [0.717, 1.165) is 84.4 Å². The van der Waals surface area contributed by atoms with Crippen molar-refractivity contribution >= 4 is 28.5 Å². The van der Waals surface area contributed by atoms with E-state index in [-0.39, 0.29) is 17.9 Å². The number of hydrogen-bond donors (Lipinski definition) is 2. The van der Waals surface area contributed by atoms with E-state index in [4.69, 9.17) is 14.2 Å². The van der Waals surface area contributed by atoms with Gasteiger partial charge >= 0.3 is 11.9 Å². The van der Waals surface area contributed by atoms with Crippen LogP contribution in [-0.2, 0) is 36.4 Å². The molecule has 6 aliphatic rings. The Morgan fingerprint density at radius 2 is 1.80 bits per heavy atom. The van der Waals surface area contributed by atoms with Gasteiger partial charge in [-0.25, -0.2) is 4.79 Å². The van der Waals surface area contributed by atoms with E-state index in [0.29, 0.717) is 18.7 Å². The number of anilines is 1. The molecule has 1 saturated carbocycles. The highest BCUT2D eigenvalue weighted by Gasteiger charge is 2.78. The molecule has 1 aromatic heterocycles. The van der Waals surface area contributed by atoms with Gasteiger partial charge in [0.25, 0.3) is 0 Å². The summed E-state index contributed by atoms with van der Waals surface area (Å²) in [7, 11) is 6.53. The first-order valence-electron chi connectivity index (χ1n) is 19.8. The molecule has 54 heavy (non-hydrogen) atoms. The van der Waals surface area contributed by atoms with Crippen LogP contribution in [0.2, 0.25) is 0 Å². The molecule has 2 fully saturated rings. The van der Waals surface area contributed by atoms with Crippen LogP contribution < -0.4 is 9.64 Å². The second kappa shape index (κ2) is 12.2. The minimum atomic E-state index is -1.82. The highest BCUT2D eigenvalue weighted by Crippen LogP contribution is 2.69. The molecule has 3 aromatic rings. The van der Waals surface area contributed by atoms with Gasteiger partial charge in [-0.15, -0.1) is 0 Å². The lowest BCUT2D eigenvalue weighted by Crippen LogP contribution is -2.78. The smallest absolute Gasteiger partial charge is 0.340 e. The third kappa shape index (κ3) is 4.22. The van der Waals surface area contributed by atoms with E-state index >= 15 is 4.79 Å². The molecule has 2 bridgehead atoms. The van der Waals surface area contributed by atoms with Crippen LogP contribution in [0.25, 0.3) is 10.9 Å². The van der Waals surface area contributed by atoms with Crippen molar-refractivity contribution in [1.29, 1.82) is 0 Å². The normalized spacial score (nSPS) is 36.3. The molecule has 9 atom stereocenters. The van der Waals surface area contributed by atoms with Crippen molar-refractivity contribution in [1.82, 2.24) is 14.8 Å². The molecule has 1 spiro atoms. The molecule has 0 radical (unpaired) electrons. The maximum Gasteiger partial charge on any atom is 0.340 e. The van der Waals surface area contributed by atoms with E-state index < -0.39 is 39.8 Å². The molecule has 2 aromatic carbocycles. The van der Waals surface area contributed by atoms with E-state index in [1.165, 1.54) is 19.8 Å². The Morgan fingerprint density at radius 3 is 2.52 bits per heavy atom. The summed E-state index contributed by atoms with van der Waals surface area (Å²) < 4.78 is 17.8. The van der Waals surface area contributed by atoms with Crippen molar-refractivity contribution < 1.29 is 28.9 Å². The predicted molar refractivity (Wildman–Crippen MR) is 208 cm³/mol. The zero-order chi connectivity index (χ0) is 37.9. The van der Waals surface area contributed by atoms with Gasteiger partial charge in [-0.1, -0.05) is 62.8 Å². The van der Waals surface area contributed by atoms with Crippen LogP contribution >= 0.6 is 0 Å². The summed E-state index contributed by atoms with van der Waals surface area (Å²) in [5.74, 6) is -0.718. The monoisotopic (exact) mass is 734 g/mol. The van der Waals surface area contributed by atoms with E-state index in [9.17, 15) is 9.90 Å². The lowest BCUT2D eigenvalue weighted by atomic mass is 9.45. The third-order valence-electron chi connectivity index (χ3n) is 15.1. The van der Waals surface area contributed by atoms with Crippen LogP contribution in [0.3, 0.4) is 0 Å². The van der Waals surface area contributed by atoms with E-state index in [2.05, 4.69) is 82.1 Å². The molecule has 286 valence electrons. The highest BCUT2D eigenvalue weighted by atomic mass is 16.5. The lowest BCUT2D eigenvalue weighted by molar-refractivity contribution is -0.197. The number of H-pyrrole nitrogens is 1. The van der Waals surface area contributed by atoms with Crippen molar-refractivity contribution in [2.24, 2.45) is 17.3 Å². The number of aromatic nitrogens is 1. The summed E-state index contributed by atoms with van der Waals surface area (Å²) in [6.07, 6.45) is 9.82. The first kappa shape index (κ1) is 35.6. The number of aliphatic hydroxyl groups is 1. The topological polar surface area (TPSA) is 108 Å². The molecule has 5 aliphatic heterocycles. The minimum Gasteiger partial charge on any atom is -0.496 e. The van der Waals surface area contributed by atoms with Gasteiger partial charge < -0.3 is 29.2 Å². The number of para-hydroxylation sites is 1. The van der Waals surface area contributed by atoms with Gasteiger partial charge in [0.15, 0.2) is 5.60 Å². The molecule has 1 saturated heterocycles. The fourth-order valence-electron chi connectivity index (χ4n) is 12.9. The standard InChI is InChI=1S/C44H54N4O6/c1-8-27-19-28-22-43(39(49)53-6,36-30(25-47(23-27)24-28)29-13-10-11-14-33(29)45-36)32-20-31-34(21-35(32)52-5)46(4)38-42(31)16-18-48-17-12-15-41(9-2,37(42)48)26(3)44(38,51)40(50)54-7/h10-15,19-21,26,28,37-38,45,51H,8-9,16-18,22-25H2,1-7H3/t26-,28+,37+,38-,41+,42?,43+,44-/m1/s1. The van der Waals surface area contributed by atoms with Gasteiger partial charge in [-0.05, 0) is 61.4 Å². The molecule has 0 amide bonds. The SMILES string of the molecule is CCC1=C[C@@H]2CN(C1)Cc1c([nH]c3ccccc13)[C@@](C(=O)OC)(c1cc3c(cc1OC)N(C)[C@@H]1C34CCN3CC=C[C@](CC)([C@H]34)[C@@H](C)[C@]1(O)C(=O)OC)C2. The number of hydrogen-bond acceptors (Lipinski definition) is 9. The number of fused-ring (bicyclic) bond motifs is 6. The number of nitrogens with one attached hydrogen (secondary N) is 1. The van der Waals surface area contributed by atoms with Gasteiger partial charge in [0.05, 0.1) is 27.4 Å². The Morgan fingerprint density at radius 1 is 1.02 bits per heavy atom. The first-order chi connectivity index (χ1) is 26.0. The summed E-state index contributed by atoms with van der Waals surface area (Å²) >= 11 is 0. The predicted octanol–water partition coefficient (Wildman–Crippen LogP) is 5.46. The van der Waals surface area contributed by atoms with Gasteiger partial charge in [0.1, 0.15) is 11.2 Å². The number of aromatic amines is 1. The number of rotatable bonds is 6. The van der Waals surface area contributed by atoms with Crippen LogP contribution in [0.15, 0.2) is 60.2 Å². The van der Waals surface area contributed by atoms with Crippen LogP contribution in [0, 0.1) is 17.3 Å². The Kier molecular flexibility index (Phi) is 8.03. The second-order valence-electron chi connectivity index (χ2n) is 16.9. The summed E-state index contributed by atoms with van der Waals surface area (Å²) in [6, 6.07) is 12.0. The molecule has 10 heteroatoms. The molecular formula is C44H54N4O6. The average molecular weight is 735 g/mol. The summed E-state index contributed by atoms with van der Waals surface area (Å²) in [5.41, 5.74) is 2.75. The van der Waals surface area contributed by atoms with Gasteiger partial charge in [-0.2, -0.15) is 0 Å². The van der Waals surface area contributed by atoms with Crippen molar-refractivity contribution in [2.45, 2.75) is 81.5 Å². The summed E-state index contributed by atoms with van der Waals surface area (Å²) in [4.78, 5) is 40.3. The summed E-state index contributed by atoms with van der Waals surface area (Å²) in [5, 5.41) is 14.2. The van der Waals surface area contributed by atoms with Crippen LogP contribution in [0.1, 0.15) is 68.8 Å². The number of likely N-dealkylation sites (N-methyl/N-ethyl adjacent to an activating group) is 1. The largest absolute Gasteiger partial charge is 0.496 e. The van der Waals surface area contributed by atoms with Gasteiger partial charge in [-0.3, -0.25) is 14.6 Å². The van der Waals surface area contributed by atoms with Crippen LogP contribution in [0.5, 0.6) is 5.75 Å². The Balaban J connectivity index is 1.37. The zero-order valence-corrected chi connectivity index (χ0v) is 32.7. The number of ether oxygens (including phenoxy) is 3. The highest BCUT2D eigenvalue weighted by molar-refractivity contribution is 5.95. The maximum atomic E-state index is 15.1. The molecule has 10 nitrogen and oxygen atoms in total. The fourth-order valence-corrected chi connectivity index (χ4v) is 12.9. The average Bonchev–Trinajstić information content (AvgIpc) is 3.84. The van der Waals surface area contributed by atoms with Crippen molar-refractivity contribution in [2.75, 3.05) is 59.5 Å². The number of carbonyl (C=O) groups is 2. The Hall–Kier alpha value is -4.12. The fraction of sp³-hybridized carbons (Fsp3) is 0.545. The van der Waals surface area contributed by atoms with Crippen LogP contribution in [-0.4, -0.2) is 104 Å². The number of esters is 2. The van der Waals surface area contributed by atoms with Crippen molar-refractivity contribution in [3.63, 3.8) is 0 Å². The molecule has 9 rings (SSSR count). The molecular weight excluding hydrogens is 681 g/mol. The lowest BCUT2D eigenvalue weighted by Gasteiger charge is -2.64. The second-order valence-corrected chi connectivity index (χ2v) is 16.9. The molecule has 2 unspecified atom stereocenters. The zero-order valence-electron chi connectivity index (χ0n) is 32.7. The number of nitrogens with zero attached hydrogens (tertiary/aromatic N) is 3. The van der Waals surface area contributed by atoms with Crippen LogP contribution in [0.4, 0.5) is 5.69 Å². The molecule has 2 N–H and O–H groups in total. The Bertz CT molecular complexity index is 2120. The van der Waals surface area contributed by atoms with Crippen molar-refractivity contribution in [3.8, 4) is 5.75 Å². The minimum absolute atomic E-state index is 0.00636. The number of benzene rings is 2. The quantitative estimate of drug-likeness (QED) is 0.253. The van der Waals surface area contributed by atoms with E-state index in [1.807, 2.05) is 20.0 Å². The molecule has 6 heterocycles. The number of methoxy groups -OCH3 is 3. The maximum absolute atomic E-state index is 15.1. The number of carbonyl (C=O) groups excluding carboxylic acids is 2.